The number of carbonyl (C=O) groups excluding carboxylic acids is 2. The molecule has 9 heteroatoms. The number of fused-ring (bicyclic) bond motifs is 1. The monoisotopic (exact) mass is 401 g/mol. The van der Waals surface area contributed by atoms with Crippen LogP contribution in [0, 0.1) is 0 Å². The number of amides is 2. The van der Waals surface area contributed by atoms with Crippen molar-refractivity contribution in [2.24, 2.45) is 15.7 Å². The van der Waals surface area contributed by atoms with Gasteiger partial charge in [0.1, 0.15) is 11.4 Å². The van der Waals surface area contributed by atoms with E-state index >= 15 is 0 Å². The fourth-order valence-electron chi connectivity index (χ4n) is 2.39. The molecule has 1 atom stereocenters. The van der Waals surface area contributed by atoms with Gasteiger partial charge in [-0.05, 0) is 38.3 Å². The molecule has 104 valence electrons. The minimum atomic E-state index is -0.447. The van der Waals surface area contributed by atoms with Gasteiger partial charge in [-0.3, -0.25) is 9.59 Å². The highest BCUT2D eigenvalue weighted by atomic mass is 79.9. The van der Waals surface area contributed by atoms with Crippen molar-refractivity contribution < 1.29 is 9.59 Å². The third-order valence-corrected chi connectivity index (χ3v) is 5.18. The quantitative estimate of drug-likeness (QED) is 0.652. The Bertz CT molecular complexity index is 691. The van der Waals surface area contributed by atoms with E-state index in [4.69, 9.17) is 5.73 Å². The molecule has 0 spiro atoms. The highest BCUT2D eigenvalue weighted by molar-refractivity contribution is 9.13. The van der Waals surface area contributed by atoms with Crippen molar-refractivity contribution in [2.45, 2.75) is 12.3 Å². The number of nitrogens with zero attached hydrogens (tertiary/aromatic N) is 2. The van der Waals surface area contributed by atoms with E-state index < -0.39 is 5.91 Å². The SMILES string of the molecule is NC1=NC(=O)C(C2CCNC(=O)c3[nH]c(Br)c(Br)c32)=N1. The Kier molecular flexibility index (Phi) is 3.25. The number of rotatable bonds is 1. The molecule has 1 aromatic heterocycles. The van der Waals surface area contributed by atoms with Crippen molar-refractivity contribution in [3.63, 3.8) is 0 Å². The van der Waals surface area contributed by atoms with E-state index in [0.717, 1.165) is 0 Å². The first-order valence-corrected chi connectivity index (χ1v) is 7.39. The van der Waals surface area contributed by atoms with Gasteiger partial charge < -0.3 is 16.0 Å². The zero-order valence-electron chi connectivity index (χ0n) is 10.0. The molecule has 0 bridgehead atoms. The Morgan fingerprint density at radius 2 is 2.00 bits per heavy atom. The predicted octanol–water partition coefficient (Wildman–Crippen LogP) is 1.05. The molecular formula is C11H9Br2N5O2. The number of aliphatic imine (C=N–C) groups is 2. The van der Waals surface area contributed by atoms with E-state index in [0.29, 0.717) is 33.3 Å². The minimum absolute atomic E-state index is 0.0409. The standard InChI is InChI=1S/C11H9Br2N5O2/c12-5-4-3(6-10(20)18-11(14)17-6)1-2-15-9(19)7(4)16-8(5)13/h3,16H,1-2H2,(H,15,19)(H2,14,18,20). The van der Waals surface area contributed by atoms with Crippen LogP contribution < -0.4 is 11.1 Å². The van der Waals surface area contributed by atoms with Crippen LogP contribution in [0.15, 0.2) is 19.1 Å². The van der Waals surface area contributed by atoms with E-state index in [9.17, 15) is 9.59 Å². The van der Waals surface area contributed by atoms with E-state index in [1.807, 2.05) is 0 Å². The van der Waals surface area contributed by atoms with Crippen LogP contribution in [0.1, 0.15) is 28.4 Å². The first-order chi connectivity index (χ1) is 9.49. The zero-order chi connectivity index (χ0) is 14.4. The lowest BCUT2D eigenvalue weighted by Gasteiger charge is -2.13. The molecule has 0 fully saturated rings. The lowest BCUT2D eigenvalue weighted by Crippen LogP contribution is -2.23. The number of aromatic amines is 1. The topological polar surface area (TPSA) is 113 Å². The number of carbonyl (C=O) groups is 2. The normalized spacial score (nSPS) is 22.0. The van der Waals surface area contributed by atoms with Crippen LogP contribution in [0.2, 0.25) is 0 Å². The molecule has 2 aliphatic heterocycles. The van der Waals surface area contributed by atoms with Gasteiger partial charge in [0.05, 0.1) is 9.08 Å². The summed E-state index contributed by atoms with van der Waals surface area (Å²) in [5.41, 5.74) is 6.86. The summed E-state index contributed by atoms with van der Waals surface area (Å²) in [7, 11) is 0. The number of nitrogens with one attached hydrogen (secondary N) is 2. The van der Waals surface area contributed by atoms with Crippen molar-refractivity contribution >= 4 is 55.3 Å². The van der Waals surface area contributed by atoms with Crippen molar-refractivity contribution in [3.8, 4) is 0 Å². The van der Waals surface area contributed by atoms with Crippen molar-refractivity contribution in [1.29, 1.82) is 0 Å². The third kappa shape index (κ3) is 2.01. The van der Waals surface area contributed by atoms with E-state index in [2.05, 4.69) is 52.1 Å². The van der Waals surface area contributed by atoms with Crippen LogP contribution in [0.25, 0.3) is 0 Å². The Labute approximate surface area is 130 Å². The van der Waals surface area contributed by atoms with Gasteiger partial charge in [-0.2, -0.15) is 4.99 Å². The van der Waals surface area contributed by atoms with Gasteiger partial charge in [0.2, 0.25) is 5.96 Å². The summed E-state index contributed by atoms with van der Waals surface area (Å²) in [6.45, 7) is 0.447. The average molecular weight is 403 g/mol. The summed E-state index contributed by atoms with van der Waals surface area (Å²) in [6.07, 6.45) is 0.551. The molecule has 0 saturated heterocycles. The summed E-state index contributed by atoms with van der Waals surface area (Å²) < 4.78 is 1.35. The van der Waals surface area contributed by atoms with Crippen LogP contribution in [0.5, 0.6) is 0 Å². The van der Waals surface area contributed by atoms with Gasteiger partial charge >= 0.3 is 0 Å². The molecule has 1 unspecified atom stereocenters. The number of nitrogens with two attached hydrogens (primary N) is 1. The summed E-state index contributed by atoms with van der Waals surface area (Å²) in [5.74, 6) is -1.04. The fourth-order valence-corrected chi connectivity index (χ4v) is 3.37. The summed E-state index contributed by atoms with van der Waals surface area (Å²) >= 11 is 6.76. The number of H-pyrrole nitrogens is 1. The molecular weight excluding hydrogens is 394 g/mol. The molecule has 1 aromatic rings. The Hall–Kier alpha value is -1.48. The number of halogens is 2. The molecule has 7 nitrogen and oxygen atoms in total. The summed E-state index contributed by atoms with van der Waals surface area (Å²) in [6, 6.07) is 0. The van der Waals surface area contributed by atoms with Crippen molar-refractivity contribution in [2.75, 3.05) is 6.54 Å². The first kappa shape index (κ1) is 13.5. The highest BCUT2D eigenvalue weighted by Crippen LogP contribution is 2.38. The van der Waals surface area contributed by atoms with E-state index in [1.165, 1.54) is 0 Å². The lowest BCUT2D eigenvalue weighted by atomic mass is 9.91. The smallest absolute Gasteiger partial charge is 0.295 e. The van der Waals surface area contributed by atoms with Gasteiger partial charge in [0, 0.05) is 18.0 Å². The Balaban J connectivity index is 2.14. The largest absolute Gasteiger partial charge is 0.368 e. The van der Waals surface area contributed by atoms with Crippen molar-refractivity contribution in [1.82, 2.24) is 10.3 Å². The second-order valence-corrected chi connectivity index (χ2v) is 6.00. The summed E-state index contributed by atoms with van der Waals surface area (Å²) in [4.78, 5) is 34.5. The first-order valence-electron chi connectivity index (χ1n) is 5.81. The fraction of sp³-hybridized carbons (Fsp3) is 0.273. The summed E-state index contributed by atoms with van der Waals surface area (Å²) in [5, 5.41) is 2.77. The Morgan fingerprint density at radius 3 is 2.65 bits per heavy atom. The molecule has 20 heavy (non-hydrogen) atoms. The molecule has 2 aliphatic rings. The molecule has 2 amide bonds. The van der Waals surface area contributed by atoms with Gasteiger partial charge in [0.25, 0.3) is 11.8 Å². The number of hydrogen-bond acceptors (Lipinski definition) is 4. The maximum Gasteiger partial charge on any atom is 0.295 e. The maximum absolute atomic E-state index is 12.0. The average Bonchev–Trinajstić information content (AvgIpc) is 2.81. The van der Waals surface area contributed by atoms with Gasteiger partial charge in [0.15, 0.2) is 0 Å². The third-order valence-electron chi connectivity index (χ3n) is 3.23. The highest BCUT2D eigenvalue weighted by Gasteiger charge is 2.36. The number of aromatic nitrogens is 1. The molecule has 0 aliphatic carbocycles. The number of hydrogen-bond donors (Lipinski definition) is 3. The number of guanidine groups is 1. The molecule has 3 rings (SSSR count). The van der Waals surface area contributed by atoms with E-state index in [1.54, 1.807) is 0 Å². The van der Waals surface area contributed by atoms with Crippen LogP contribution in [0.4, 0.5) is 0 Å². The Morgan fingerprint density at radius 1 is 1.25 bits per heavy atom. The molecule has 4 N–H and O–H groups in total. The second kappa shape index (κ2) is 4.81. The maximum atomic E-state index is 12.0. The van der Waals surface area contributed by atoms with Crippen LogP contribution >= 0.6 is 31.9 Å². The molecule has 0 saturated carbocycles. The second-order valence-electron chi connectivity index (χ2n) is 4.41. The van der Waals surface area contributed by atoms with Crippen molar-refractivity contribution in [3.05, 3.63) is 20.3 Å². The molecule has 3 heterocycles. The van der Waals surface area contributed by atoms with Gasteiger partial charge in [-0.15, -0.1) is 0 Å². The zero-order valence-corrected chi connectivity index (χ0v) is 13.2. The van der Waals surface area contributed by atoms with Crippen LogP contribution in [-0.4, -0.2) is 35.0 Å². The molecule has 0 radical (unpaired) electrons. The van der Waals surface area contributed by atoms with Crippen LogP contribution in [-0.2, 0) is 4.79 Å². The minimum Gasteiger partial charge on any atom is -0.368 e. The molecule has 0 aromatic carbocycles. The van der Waals surface area contributed by atoms with Gasteiger partial charge in [-0.25, -0.2) is 4.99 Å². The predicted molar refractivity (Wildman–Crippen MR) is 79.9 cm³/mol. The lowest BCUT2D eigenvalue weighted by molar-refractivity contribution is -0.111. The van der Waals surface area contributed by atoms with Gasteiger partial charge in [-0.1, -0.05) is 0 Å². The van der Waals surface area contributed by atoms with E-state index in [-0.39, 0.29) is 23.5 Å². The van der Waals surface area contributed by atoms with Crippen LogP contribution in [0.3, 0.4) is 0 Å².